The summed E-state index contributed by atoms with van der Waals surface area (Å²) in [6.07, 6.45) is 1.37. The highest BCUT2D eigenvalue weighted by Gasteiger charge is 2.12. The molecule has 1 aromatic heterocycles. The van der Waals surface area contributed by atoms with Crippen LogP contribution < -0.4 is 5.32 Å². The maximum Gasteiger partial charge on any atom is 0.270 e. The van der Waals surface area contributed by atoms with Gasteiger partial charge in [-0.2, -0.15) is 0 Å². The van der Waals surface area contributed by atoms with Crippen LogP contribution in [0, 0.1) is 10.1 Å². The largest absolute Gasteiger partial charge is 0.338 e. The van der Waals surface area contributed by atoms with Gasteiger partial charge in [0.05, 0.1) is 26.2 Å². The Hall–Kier alpha value is -2.44. The molecule has 0 bridgehead atoms. The number of hydrogen-bond acceptors (Lipinski definition) is 5. The van der Waals surface area contributed by atoms with Crippen LogP contribution in [0.1, 0.15) is 0 Å². The molecule has 8 heteroatoms. The fourth-order valence-electron chi connectivity index (χ4n) is 1.99. The van der Waals surface area contributed by atoms with Gasteiger partial charge in [0.15, 0.2) is 0 Å². The van der Waals surface area contributed by atoms with Crippen LogP contribution in [0.4, 0.5) is 17.2 Å². The molecule has 0 saturated carbocycles. The second-order valence-corrected chi connectivity index (χ2v) is 5.19. The van der Waals surface area contributed by atoms with Gasteiger partial charge in [0.25, 0.3) is 5.69 Å². The molecule has 0 radical (unpaired) electrons. The van der Waals surface area contributed by atoms with Crippen LogP contribution in [0.25, 0.3) is 10.9 Å². The summed E-state index contributed by atoms with van der Waals surface area (Å²) in [4.78, 5) is 18.7. The molecule has 0 aliphatic heterocycles. The number of anilines is 2. The fraction of sp³-hybridized carbons (Fsp3) is 0. The van der Waals surface area contributed by atoms with E-state index in [9.17, 15) is 10.1 Å². The first-order valence-electron chi connectivity index (χ1n) is 6.16. The van der Waals surface area contributed by atoms with Gasteiger partial charge in [0.2, 0.25) is 0 Å². The monoisotopic (exact) mass is 334 g/mol. The molecule has 1 N–H and O–H groups in total. The summed E-state index contributed by atoms with van der Waals surface area (Å²) in [5.41, 5.74) is 1.10. The highest BCUT2D eigenvalue weighted by Crippen LogP contribution is 2.33. The summed E-state index contributed by atoms with van der Waals surface area (Å²) in [5, 5.41) is 15.2. The number of benzene rings is 2. The van der Waals surface area contributed by atoms with E-state index in [-0.39, 0.29) is 5.69 Å². The molecule has 3 aromatic rings. The SMILES string of the molecule is O=[N+]([O-])c1ccc2ncnc(Nc3cccc(Cl)c3Cl)c2c1. The van der Waals surface area contributed by atoms with Crippen molar-refractivity contribution in [1.29, 1.82) is 0 Å². The minimum atomic E-state index is -0.470. The Labute approximate surface area is 134 Å². The van der Waals surface area contributed by atoms with E-state index < -0.39 is 4.92 Å². The molecule has 0 aliphatic carbocycles. The van der Waals surface area contributed by atoms with Gasteiger partial charge in [-0.05, 0) is 18.2 Å². The summed E-state index contributed by atoms with van der Waals surface area (Å²) in [6, 6.07) is 9.52. The Morgan fingerprint density at radius 2 is 1.95 bits per heavy atom. The molecular weight excluding hydrogens is 327 g/mol. The number of fused-ring (bicyclic) bond motifs is 1. The summed E-state index contributed by atoms with van der Waals surface area (Å²) >= 11 is 12.1. The molecule has 0 aliphatic rings. The standard InChI is InChI=1S/C14H8Cl2N4O2/c15-10-2-1-3-12(13(10)16)19-14-9-6-8(20(21)22)4-5-11(9)17-7-18-14/h1-7H,(H,17,18,19). The van der Waals surface area contributed by atoms with Gasteiger partial charge in [-0.1, -0.05) is 29.3 Å². The number of nitrogens with zero attached hydrogens (tertiary/aromatic N) is 3. The minimum Gasteiger partial charge on any atom is -0.338 e. The van der Waals surface area contributed by atoms with Crippen molar-refractivity contribution < 1.29 is 4.92 Å². The second-order valence-electron chi connectivity index (χ2n) is 4.41. The van der Waals surface area contributed by atoms with Crippen LogP contribution in [0.5, 0.6) is 0 Å². The summed E-state index contributed by atoms with van der Waals surface area (Å²) in [6.45, 7) is 0. The van der Waals surface area contributed by atoms with Crippen molar-refractivity contribution in [2.45, 2.75) is 0 Å². The predicted octanol–water partition coefficient (Wildman–Crippen LogP) is 4.59. The Balaban J connectivity index is 2.12. The van der Waals surface area contributed by atoms with Crippen LogP contribution in [0.3, 0.4) is 0 Å². The lowest BCUT2D eigenvalue weighted by molar-refractivity contribution is -0.384. The van der Waals surface area contributed by atoms with Crippen LogP contribution in [-0.2, 0) is 0 Å². The van der Waals surface area contributed by atoms with Crippen molar-refractivity contribution >= 4 is 51.3 Å². The van der Waals surface area contributed by atoms with Crippen molar-refractivity contribution in [3.8, 4) is 0 Å². The van der Waals surface area contributed by atoms with Gasteiger partial charge >= 0.3 is 0 Å². The van der Waals surface area contributed by atoms with Crippen molar-refractivity contribution in [1.82, 2.24) is 9.97 Å². The number of nitrogens with one attached hydrogen (secondary N) is 1. The first kappa shape index (κ1) is 14.5. The zero-order valence-electron chi connectivity index (χ0n) is 11.0. The molecule has 0 amide bonds. The first-order chi connectivity index (χ1) is 10.6. The molecule has 0 spiro atoms. The predicted molar refractivity (Wildman–Crippen MR) is 85.9 cm³/mol. The van der Waals surface area contributed by atoms with Gasteiger partial charge in [0.1, 0.15) is 12.1 Å². The van der Waals surface area contributed by atoms with E-state index >= 15 is 0 Å². The number of hydrogen-bond donors (Lipinski definition) is 1. The Morgan fingerprint density at radius 1 is 1.14 bits per heavy atom. The second kappa shape index (κ2) is 5.75. The number of aromatic nitrogens is 2. The summed E-state index contributed by atoms with van der Waals surface area (Å²) in [5.74, 6) is 0.415. The maximum absolute atomic E-state index is 10.9. The average Bonchev–Trinajstić information content (AvgIpc) is 2.51. The number of rotatable bonds is 3. The highest BCUT2D eigenvalue weighted by molar-refractivity contribution is 6.43. The van der Waals surface area contributed by atoms with E-state index in [1.165, 1.54) is 18.5 Å². The Bertz CT molecular complexity index is 886. The molecule has 0 unspecified atom stereocenters. The number of nitro benzene ring substituents is 1. The van der Waals surface area contributed by atoms with Crippen molar-refractivity contribution in [3.63, 3.8) is 0 Å². The van der Waals surface area contributed by atoms with Gasteiger partial charge in [0, 0.05) is 17.5 Å². The van der Waals surface area contributed by atoms with E-state index in [1.807, 2.05) is 0 Å². The third kappa shape index (κ3) is 2.66. The van der Waals surface area contributed by atoms with E-state index in [0.717, 1.165) is 0 Å². The van der Waals surface area contributed by atoms with E-state index in [2.05, 4.69) is 15.3 Å². The highest BCUT2D eigenvalue weighted by atomic mass is 35.5. The molecular formula is C14H8Cl2N4O2. The van der Waals surface area contributed by atoms with Gasteiger partial charge in [-0.15, -0.1) is 0 Å². The third-order valence-corrected chi connectivity index (χ3v) is 3.85. The molecule has 1 heterocycles. The van der Waals surface area contributed by atoms with Crippen LogP contribution in [0.2, 0.25) is 10.0 Å². The Morgan fingerprint density at radius 3 is 2.73 bits per heavy atom. The molecule has 22 heavy (non-hydrogen) atoms. The molecule has 110 valence electrons. The molecule has 2 aromatic carbocycles. The molecule has 0 saturated heterocycles. The summed E-state index contributed by atoms with van der Waals surface area (Å²) in [7, 11) is 0. The number of nitro groups is 1. The Kier molecular flexibility index (Phi) is 3.79. The van der Waals surface area contributed by atoms with Crippen molar-refractivity contribution in [3.05, 3.63) is 62.9 Å². The smallest absolute Gasteiger partial charge is 0.270 e. The van der Waals surface area contributed by atoms with Crippen molar-refractivity contribution in [2.75, 3.05) is 5.32 Å². The van der Waals surface area contributed by atoms with Crippen molar-refractivity contribution in [2.24, 2.45) is 0 Å². The maximum atomic E-state index is 10.9. The van der Waals surface area contributed by atoms with Crippen LogP contribution >= 0.6 is 23.2 Å². The zero-order valence-corrected chi connectivity index (χ0v) is 12.5. The van der Waals surface area contributed by atoms with E-state index in [4.69, 9.17) is 23.2 Å². The van der Waals surface area contributed by atoms with E-state index in [0.29, 0.717) is 32.5 Å². The first-order valence-corrected chi connectivity index (χ1v) is 6.92. The van der Waals surface area contributed by atoms with E-state index in [1.54, 1.807) is 24.3 Å². The topological polar surface area (TPSA) is 81.0 Å². The lowest BCUT2D eigenvalue weighted by Crippen LogP contribution is -1.97. The zero-order chi connectivity index (χ0) is 15.7. The molecule has 6 nitrogen and oxygen atoms in total. The minimum absolute atomic E-state index is 0.0393. The van der Waals surface area contributed by atoms with Crippen LogP contribution in [0.15, 0.2) is 42.7 Å². The summed E-state index contributed by atoms with van der Waals surface area (Å²) < 4.78 is 0. The molecule has 0 atom stereocenters. The quantitative estimate of drug-likeness (QED) is 0.559. The number of non-ortho nitro benzene ring substituents is 1. The average molecular weight is 335 g/mol. The molecule has 3 rings (SSSR count). The van der Waals surface area contributed by atoms with Gasteiger partial charge in [-0.3, -0.25) is 10.1 Å². The van der Waals surface area contributed by atoms with Gasteiger partial charge < -0.3 is 5.32 Å². The lowest BCUT2D eigenvalue weighted by Gasteiger charge is -2.10. The third-order valence-electron chi connectivity index (χ3n) is 3.03. The lowest BCUT2D eigenvalue weighted by atomic mass is 10.2. The van der Waals surface area contributed by atoms with Gasteiger partial charge in [-0.25, -0.2) is 9.97 Å². The fourth-order valence-corrected chi connectivity index (χ4v) is 2.33. The van der Waals surface area contributed by atoms with Crippen LogP contribution in [-0.4, -0.2) is 14.9 Å². The number of halogens is 2. The molecule has 0 fully saturated rings. The normalized spacial score (nSPS) is 10.6.